The van der Waals surface area contributed by atoms with Crippen LogP contribution in [-0.2, 0) is 11.3 Å². The average Bonchev–Trinajstić information content (AvgIpc) is 2.42. The third-order valence-electron chi connectivity index (χ3n) is 2.42. The number of ether oxygens (including phenoxy) is 1. The lowest BCUT2D eigenvalue weighted by molar-refractivity contribution is 0.135. The highest BCUT2D eigenvalue weighted by Crippen LogP contribution is 2.01. The van der Waals surface area contributed by atoms with Crippen molar-refractivity contribution in [2.45, 2.75) is 25.5 Å². The van der Waals surface area contributed by atoms with E-state index >= 15 is 0 Å². The standard InChI is InChI=1S/C13H17N3O2/c14-8-4-7-12(9-15)16-13(17)18-10-11-5-2-1-3-6-11/h1-3,5-6,12H,4,7,9-10,15H2,(H,16,17). The molecule has 0 heterocycles. The van der Waals surface area contributed by atoms with E-state index in [2.05, 4.69) is 5.32 Å². The largest absolute Gasteiger partial charge is 0.445 e. The van der Waals surface area contributed by atoms with Gasteiger partial charge in [-0.25, -0.2) is 4.79 Å². The lowest BCUT2D eigenvalue weighted by atomic mass is 10.2. The highest BCUT2D eigenvalue weighted by molar-refractivity contribution is 5.67. The number of amides is 1. The summed E-state index contributed by atoms with van der Waals surface area (Å²) in [6.07, 6.45) is 0.390. The third kappa shape index (κ3) is 5.32. The van der Waals surface area contributed by atoms with E-state index in [0.29, 0.717) is 19.4 Å². The van der Waals surface area contributed by atoms with Gasteiger partial charge >= 0.3 is 6.09 Å². The molecule has 18 heavy (non-hydrogen) atoms. The van der Waals surface area contributed by atoms with Crippen molar-refractivity contribution >= 4 is 6.09 Å². The molecule has 1 aromatic carbocycles. The van der Waals surface area contributed by atoms with Gasteiger partial charge in [0, 0.05) is 19.0 Å². The first-order valence-electron chi connectivity index (χ1n) is 5.80. The van der Waals surface area contributed by atoms with Gasteiger partial charge in [0.2, 0.25) is 0 Å². The van der Waals surface area contributed by atoms with Crippen molar-refractivity contribution in [3.63, 3.8) is 0 Å². The Morgan fingerprint density at radius 2 is 2.17 bits per heavy atom. The van der Waals surface area contributed by atoms with Crippen LogP contribution in [0, 0.1) is 11.3 Å². The molecule has 0 bridgehead atoms. The van der Waals surface area contributed by atoms with Gasteiger partial charge in [-0.3, -0.25) is 0 Å². The zero-order valence-corrected chi connectivity index (χ0v) is 10.1. The monoisotopic (exact) mass is 247 g/mol. The number of rotatable bonds is 6. The van der Waals surface area contributed by atoms with Crippen LogP contribution in [0.3, 0.4) is 0 Å². The summed E-state index contributed by atoms with van der Waals surface area (Å²) in [5.74, 6) is 0. The predicted molar refractivity (Wildman–Crippen MR) is 67.5 cm³/mol. The minimum Gasteiger partial charge on any atom is -0.445 e. The molecular formula is C13H17N3O2. The molecule has 5 nitrogen and oxygen atoms in total. The van der Waals surface area contributed by atoms with Gasteiger partial charge < -0.3 is 15.8 Å². The predicted octanol–water partition coefficient (Wildman–Crippen LogP) is 1.54. The summed E-state index contributed by atoms with van der Waals surface area (Å²) < 4.78 is 5.05. The smallest absolute Gasteiger partial charge is 0.407 e. The maximum absolute atomic E-state index is 11.5. The Bertz CT molecular complexity index is 400. The molecule has 0 fully saturated rings. The van der Waals surface area contributed by atoms with Crippen molar-refractivity contribution in [2.75, 3.05) is 6.54 Å². The summed E-state index contributed by atoms with van der Waals surface area (Å²) in [6, 6.07) is 11.2. The zero-order valence-electron chi connectivity index (χ0n) is 10.1. The lowest BCUT2D eigenvalue weighted by Gasteiger charge is -2.15. The number of nitriles is 1. The van der Waals surface area contributed by atoms with Gasteiger partial charge in [-0.2, -0.15) is 5.26 Å². The summed E-state index contributed by atoms with van der Waals surface area (Å²) >= 11 is 0. The number of nitrogens with two attached hydrogens (primary N) is 1. The van der Waals surface area contributed by atoms with Crippen LogP contribution in [0.15, 0.2) is 30.3 Å². The minimum absolute atomic E-state index is 0.215. The number of alkyl carbamates (subject to hydrolysis) is 1. The molecule has 1 rings (SSSR count). The Hall–Kier alpha value is -2.06. The Morgan fingerprint density at radius 1 is 1.44 bits per heavy atom. The molecule has 0 aliphatic rings. The van der Waals surface area contributed by atoms with Gasteiger partial charge in [0.25, 0.3) is 0 Å². The van der Waals surface area contributed by atoms with Crippen LogP contribution in [0.4, 0.5) is 4.79 Å². The Kier molecular flexibility index (Phi) is 6.30. The molecule has 1 atom stereocenters. The van der Waals surface area contributed by atoms with Gasteiger partial charge in [0.1, 0.15) is 6.61 Å². The topological polar surface area (TPSA) is 88.1 Å². The fourth-order valence-electron chi connectivity index (χ4n) is 1.42. The number of hydrogen-bond acceptors (Lipinski definition) is 4. The molecule has 1 amide bonds. The molecule has 5 heteroatoms. The molecule has 0 saturated heterocycles. The Labute approximate surface area is 107 Å². The van der Waals surface area contributed by atoms with Gasteiger partial charge in [-0.05, 0) is 12.0 Å². The van der Waals surface area contributed by atoms with Crippen LogP contribution in [0.25, 0.3) is 0 Å². The maximum Gasteiger partial charge on any atom is 0.407 e. The van der Waals surface area contributed by atoms with E-state index < -0.39 is 6.09 Å². The van der Waals surface area contributed by atoms with Gasteiger partial charge in [0.15, 0.2) is 0 Å². The van der Waals surface area contributed by atoms with E-state index in [1.807, 2.05) is 36.4 Å². The molecular weight excluding hydrogens is 230 g/mol. The zero-order chi connectivity index (χ0) is 13.2. The number of carbonyl (C=O) groups excluding carboxylic acids is 1. The highest BCUT2D eigenvalue weighted by Gasteiger charge is 2.11. The molecule has 0 aliphatic carbocycles. The first-order chi connectivity index (χ1) is 8.76. The van der Waals surface area contributed by atoms with Crippen molar-refractivity contribution in [3.8, 4) is 6.07 Å². The van der Waals surface area contributed by atoms with Crippen LogP contribution in [0.1, 0.15) is 18.4 Å². The average molecular weight is 247 g/mol. The maximum atomic E-state index is 11.5. The van der Waals surface area contributed by atoms with Crippen LogP contribution < -0.4 is 11.1 Å². The van der Waals surface area contributed by atoms with Crippen LogP contribution in [0.5, 0.6) is 0 Å². The second-order valence-corrected chi connectivity index (χ2v) is 3.84. The SMILES string of the molecule is N#CCCC(CN)NC(=O)OCc1ccccc1. The van der Waals surface area contributed by atoms with Crippen LogP contribution in [-0.4, -0.2) is 18.7 Å². The summed E-state index contributed by atoms with van der Waals surface area (Å²) in [4.78, 5) is 11.5. The fourth-order valence-corrected chi connectivity index (χ4v) is 1.42. The van der Waals surface area contributed by atoms with Crippen LogP contribution >= 0.6 is 0 Å². The molecule has 1 unspecified atom stereocenters. The number of nitrogens with zero attached hydrogens (tertiary/aromatic N) is 1. The quantitative estimate of drug-likeness (QED) is 0.798. The van der Waals surface area contributed by atoms with Crippen molar-refractivity contribution in [2.24, 2.45) is 5.73 Å². The van der Waals surface area contributed by atoms with Crippen molar-refractivity contribution in [1.82, 2.24) is 5.32 Å². The summed E-state index contributed by atoms with van der Waals surface area (Å²) in [5.41, 5.74) is 6.41. The highest BCUT2D eigenvalue weighted by atomic mass is 16.5. The van der Waals surface area contributed by atoms with Gasteiger partial charge in [-0.15, -0.1) is 0 Å². The van der Waals surface area contributed by atoms with E-state index in [-0.39, 0.29) is 12.6 Å². The Balaban J connectivity index is 2.30. The second kappa shape index (κ2) is 8.09. The first-order valence-corrected chi connectivity index (χ1v) is 5.80. The number of carbonyl (C=O) groups is 1. The second-order valence-electron chi connectivity index (χ2n) is 3.84. The molecule has 0 aliphatic heterocycles. The van der Waals surface area contributed by atoms with E-state index in [0.717, 1.165) is 5.56 Å². The molecule has 3 N–H and O–H groups in total. The number of hydrogen-bond donors (Lipinski definition) is 2. The third-order valence-corrected chi connectivity index (χ3v) is 2.42. The van der Waals surface area contributed by atoms with Crippen LogP contribution in [0.2, 0.25) is 0 Å². The molecule has 0 saturated carbocycles. The summed E-state index contributed by atoms with van der Waals surface area (Å²) in [5, 5.41) is 11.1. The van der Waals surface area contributed by atoms with Gasteiger partial charge in [0.05, 0.1) is 6.07 Å². The Morgan fingerprint density at radius 3 is 2.78 bits per heavy atom. The van der Waals surface area contributed by atoms with E-state index in [4.69, 9.17) is 15.7 Å². The van der Waals surface area contributed by atoms with E-state index in [9.17, 15) is 4.79 Å². The van der Waals surface area contributed by atoms with E-state index in [1.54, 1.807) is 0 Å². The van der Waals surface area contributed by atoms with Crippen molar-refractivity contribution < 1.29 is 9.53 Å². The van der Waals surface area contributed by atoms with E-state index in [1.165, 1.54) is 0 Å². The van der Waals surface area contributed by atoms with Crippen molar-refractivity contribution in [1.29, 1.82) is 5.26 Å². The summed E-state index contributed by atoms with van der Waals surface area (Å²) in [7, 11) is 0. The fraction of sp³-hybridized carbons (Fsp3) is 0.385. The number of benzene rings is 1. The lowest BCUT2D eigenvalue weighted by Crippen LogP contribution is -2.40. The van der Waals surface area contributed by atoms with Crippen molar-refractivity contribution in [3.05, 3.63) is 35.9 Å². The normalized spacial score (nSPS) is 11.3. The minimum atomic E-state index is -0.507. The molecule has 0 spiro atoms. The summed E-state index contributed by atoms with van der Waals surface area (Å²) in [6.45, 7) is 0.518. The number of nitrogens with one attached hydrogen (secondary N) is 1. The molecule has 0 radical (unpaired) electrons. The molecule has 1 aromatic rings. The molecule has 96 valence electrons. The molecule has 0 aromatic heterocycles. The first kappa shape index (κ1) is 14.0. The van der Waals surface area contributed by atoms with Gasteiger partial charge in [-0.1, -0.05) is 30.3 Å².